The van der Waals surface area contributed by atoms with Crippen molar-refractivity contribution in [1.82, 2.24) is 15.5 Å². The number of hydrogen-bond acceptors (Lipinski definition) is 4. The summed E-state index contributed by atoms with van der Waals surface area (Å²) in [6.45, 7) is 6.23. The van der Waals surface area contributed by atoms with Gasteiger partial charge in [-0.25, -0.2) is 0 Å². The topological polar surface area (TPSA) is 68.0 Å². The molecule has 128 valence electrons. The van der Waals surface area contributed by atoms with Crippen LogP contribution in [0.2, 0.25) is 0 Å². The van der Waals surface area contributed by atoms with Crippen molar-refractivity contribution in [2.24, 2.45) is 11.8 Å². The smallest absolute Gasteiger partial charge is 0.249 e. The summed E-state index contributed by atoms with van der Waals surface area (Å²) in [5.41, 5.74) is 2.08. The molecule has 0 radical (unpaired) electrons. The van der Waals surface area contributed by atoms with Gasteiger partial charge < -0.3 is 9.84 Å². The van der Waals surface area contributed by atoms with Crippen molar-refractivity contribution in [3.63, 3.8) is 0 Å². The van der Waals surface area contributed by atoms with Gasteiger partial charge in [0.15, 0.2) is 0 Å². The van der Waals surface area contributed by atoms with Crippen molar-refractivity contribution < 1.29 is 9.32 Å². The van der Waals surface area contributed by atoms with Crippen LogP contribution in [0.15, 0.2) is 28.8 Å². The summed E-state index contributed by atoms with van der Waals surface area (Å²) in [5.74, 6) is 1.56. The number of nitrogens with one attached hydrogen (secondary N) is 1. The second kappa shape index (κ2) is 7.16. The van der Waals surface area contributed by atoms with E-state index in [1.54, 1.807) is 0 Å². The molecule has 1 heterocycles. The Morgan fingerprint density at radius 3 is 2.83 bits per heavy atom. The van der Waals surface area contributed by atoms with Crippen molar-refractivity contribution in [3.05, 3.63) is 35.7 Å². The zero-order valence-corrected chi connectivity index (χ0v) is 14.6. The molecule has 1 aromatic heterocycles. The molecule has 2 aromatic rings. The molecule has 5 nitrogen and oxygen atoms in total. The van der Waals surface area contributed by atoms with E-state index in [9.17, 15) is 4.79 Å². The zero-order chi connectivity index (χ0) is 17.1. The average molecular weight is 327 g/mol. The van der Waals surface area contributed by atoms with Crippen LogP contribution in [-0.2, 0) is 4.79 Å². The van der Waals surface area contributed by atoms with Gasteiger partial charge in [0.1, 0.15) is 6.04 Å². The fourth-order valence-electron chi connectivity index (χ4n) is 2.89. The van der Waals surface area contributed by atoms with E-state index in [2.05, 4.69) is 29.3 Å². The van der Waals surface area contributed by atoms with Crippen LogP contribution in [0, 0.1) is 18.8 Å². The molecule has 3 rings (SSSR count). The van der Waals surface area contributed by atoms with Crippen molar-refractivity contribution in [2.45, 2.75) is 52.5 Å². The fraction of sp³-hybridized carbons (Fsp3) is 0.526. The predicted molar refractivity (Wildman–Crippen MR) is 92.2 cm³/mol. The number of carbonyl (C=O) groups is 1. The second-order valence-corrected chi connectivity index (χ2v) is 6.83. The lowest BCUT2D eigenvalue weighted by Crippen LogP contribution is -2.39. The Labute approximate surface area is 142 Å². The third-order valence-electron chi connectivity index (χ3n) is 4.97. The molecule has 0 saturated heterocycles. The van der Waals surface area contributed by atoms with E-state index in [-0.39, 0.29) is 23.8 Å². The third kappa shape index (κ3) is 3.50. The number of rotatable bonds is 6. The molecule has 1 aliphatic carbocycles. The standard InChI is InChI=1S/C19H25N3O2/c1-4-13(3)16(20-18(23)14-8-6-9-14)19-21-17(22-24-19)15-10-5-7-12(2)11-15/h5,7,10-11,13-14,16H,4,6,8-9H2,1-3H3,(H,20,23)/t13-,16-/m0/s1. The zero-order valence-electron chi connectivity index (χ0n) is 14.6. The number of hydrogen-bond donors (Lipinski definition) is 1. The van der Waals surface area contributed by atoms with Crippen LogP contribution in [0.3, 0.4) is 0 Å². The quantitative estimate of drug-likeness (QED) is 0.869. The SMILES string of the molecule is CC[C@H](C)[C@H](NC(=O)C1CCC1)c1nc(-c2cccc(C)c2)no1. The van der Waals surface area contributed by atoms with Crippen molar-refractivity contribution >= 4 is 5.91 Å². The molecule has 0 unspecified atom stereocenters. The Morgan fingerprint density at radius 2 is 2.21 bits per heavy atom. The van der Waals surface area contributed by atoms with Gasteiger partial charge in [-0.2, -0.15) is 4.98 Å². The average Bonchev–Trinajstić information content (AvgIpc) is 3.00. The van der Waals surface area contributed by atoms with E-state index in [1.807, 2.05) is 31.2 Å². The first-order valence-electron chi connectivity index (χ1n) is 8.79. The maximum atomic E-state index is 12.3. The number of aryl methyl sites for hydroxylation is 1. The molecule has 0 aliphatic heterocycles. The molecule has 2 atom stereocenters. The van der Waals surface area contributed by atoms with Gasteiger partial charge in [0.05, 0.1) is 0 Å². The van der Waals surface area contributed by atoms with E-state index in [0.717, 1.165) is 36.8 Å². The van der Waals surface area contributed by atoms with Crippen molar-refractivity contribution in [2.75, 3.05) is 0 Å². The molecule has 5 heteroatoms. The summed E-state index contributed by atoms with van der Waals surface area (Å²) >= 11 is 0. The highest BCUT2D eigenvalue weighted by atomic mass is 16.5. The van der Waals surface area contributed by atoms with Gasteiger partial charge in [-0.3, -0.25) is 4.79 Å². The summed E-state index contributed by atoms with van der Waals surface area (Å²) in [6.07, 6.45) is 4.04. The molecule has 1 fully saturated rings. The van der Waals surface area contributed by atoms with Crippen molar-refractivity contribution in [3.8, 4) is 11.4 Å². The lowest BCUT2D eigenvalue weighted by Gasteiger charge is -2.28. The van der Waals surface area contributed by atoms with Crippen LogP contribution < -0.4 is 5.32 Å². The summed E-state index contributed by atoms with van der Waals surface area (Å²) < 4.78 is 5.50. The molecule has 1 saturated carbocycles. The van der Waals surface area contributed by atoms with Crippen LogP contribution in [-0.4, -0.2) is 16.0 Å². The fourth-order valence-corrected chi connectivity index (χ4v) is 2.89. The minimum atomic E-state index is -0.228. The van der Waals surface area contributed by atoms with Crippen LogP contribution in [0.5, 0.6) is 0 Å². The van der Waals surface area contributed by atoms with Gasteiger partial charge in [-0.05, 0) is 31.7 Å². The largest absolute Gasteiger partial charge is 0.344 e. The highest BCUT2D eigenvalue weighted by Gasteiger charge is 2.31. The lowest BCUT2D eigenvalue weighted by molar-refractivity contribution is -0.128. The van der Waals surface area contributed by atoms with Gasteiger partial charge in [0, 0.05) is 11.5 Å². The van der Waals surface area contributed by atoms with Gasteiger partial charge in [-0.15, -0.1) is 0 Å². The number of carbonyl (C=O) groups excluding carboxylic acids is 1. The highest BCUT2D eigenvalue weighted by molar-refractivity contribution is 5.79. The molecule has 0 bridgehead atoms. The van der Waals surface area contributed by atoms with E-state index < -0.39 is 0 Å². The Balaban J connectivity index is 1.81. The molecule has 0 spiro atoms. The summed E-state index contributed by atoms with van der Waals surface area (Å²) in [6, 6.07) is 7.78. The number of nitrogens with zero attached hydrogens (tertiary/aromatic N) is 2. The second-order valence-electron chi connectivity index (χ2n) is 6.83. The summed E-state index contributed by atoms with van der Waals surface area (Å²) in [4.78, 5) is 16.9. The summed E-state index contributed by atoms with van der Waals surface area (Å²) in [5, 5.41) is 7.24. The highest BCUT2D eigenvalue weighted by Crippen LogP contribution is 2.30. The Hall–Kier alpha value is -2.17. The monoisotopic (exact) mass is 327 g/mol. The summed E-state index contributed by atoms with van der Waals surface area (Å²) in [7, 11) is 0. The Kier molecular flexibility index (Phi) is 4.97. The molecule has 24 heavy (non-hydrogen) atoms. The van der Waals surface area contributed by atoms with Crippen LogP contribution in [0.25, 0.3) is 11.4 Å². The molecule has 1 aliphatic rings. The first-order chi connectivity index (χ1) is 11.6. The normalized spacial score (nSPS) is 17.1. The van der Waals surface area contributed by atoms with Gasteiger partial charge in [0.25, 0.3) is 0 Å². The maximum Gasteiger partial charge on any atom is 0.249 e. The number of amides is 1. The minimum Gasteiger partial charge on any atom is -0.344 e. The number of benzene rings is 1. The molecule has 1 aromatic carbocycles. The molecule has 1 amide bonds. The van der Waals surface area contributed by atoms with E-state index in [1.165, 1.54) is 0 Å². The maximum absolute atomic E-state index is 12.3. The van der Waals surface area contributed by atoms with Crippen molar-refractivity contribution in [1.29, 1.82) is 0 Å². The minimum absolute atomic E-state index is 0.113. The van der Waals surface area contributed by atoms with E-state index in [0.29, 0.717) is 11.7 Å². The number of aromatic nitrogens is 2. The first kappa shape index (κ1) is 16.7. The third-order valence-corrected chi connectivity index (χ3v) is 4.97. The van der Waals surface area contributed by atoms with Gasteiger partial charge in [-0.1, -0.05) is 55.6 Å². The molecular weight excluding hydrogens is 302 g/mol. The molecule has 1 N–H and O–H groups in total. The Bertz CT molecular complexity index is 706. The van der Waals surface area contributed by atoms with E-state index >= 15 is 0 Å². The van der Waals surface area contributed by atoms with Crippen LogP contribution in [0.1, 0.15) is 57.0 Å². The van der Waals surface area contributed by atoms with Gasteiger partial charge >= 0.3 is 0 Å². The lowest BCUT2D eigenvalue weighted by atomic mass is 9.84. The van der Waals surface area contributed by atoms with Gasteiger partial charge in [0.2, 0.25) is 17.6 Å². The first-order valence-corrected chi connectivity index (χ1v) is 8.79. The van der Waals surface area contributed by atoms with E-state index in [4.69, 9.17) is 4.52 Å². The van der Waals surface area contributed by atoms with Crippen LogP contribution >= 0.6 is 0 Å². The Morgan fingerprint density at radius 1 is 1.42 bits per heavy atom. The van der Waals surface area contributed by atoms with Crippen LogP contribution in [0.4, 0.5) is 0 Å². The molecular formula is C19H25N3O2. The predicted octanol–water partition coefficient (Wildman–Crippen LogP) is 4.05.